The maximum absolute atomic E-state index is 12.6. The number of carbonyl (C=O) groups excluding carboxylic acids is 2. The summed E-state index contributed by atoms with van der Waals surface area (Å²) >= 11 is 0. The SMILES string of the molecule is CC(C)C1(C)C(=O)N(CCc2ccccc2)C(=O)C1C. The summed E-state index contributed by atoms with van der Waals surface area (Å²) in [4.78, 5) is 26.4. The van der Waals surface area contributed by atoms with Crippen molar-refractivity contribution in [2.24, 2.45) is 17.3 Å². The molecule has 0 saturated carbocycles. The highest BCUT2D eigenvalue weighted by Crippen LogP contribution is 2.43. The van der Waals surface area contributed by atoms with Gasteiger partial charge in [0, 0.05) is 6.54 Å². The zero-order chi connectivity index (χ0) is 14.9. The molecule has 0 radical (unpaired) electrons. The van der Waals surface area contributed by atoms with E-state index in [-0.39, 0.29) is 23.7 Å². The highest BCUT2D eigenvalue weighted by molar-refractivity contribution is 6.07. The van der Waals surface area contributed by atoms with Crippen LogP contribution in [0, 0.1) is 17.3 Å². The summed E-state index contributed by atoms with van der Waals surface area (Å²) in [6.07, 6.45) is 0.721. The molecule has 20 heavy (non-hydrogen) atoms. The Morgan fingerprint density at radius 1 is 1.20 bits per heavy atom. The molecule has 0 bridgehead atoms. The predicted molar refractivity (Wildman–Crippen MR) is 79.0 cm³/mol. The second kappa shape index (κ2) is 5.39. The van der Waals surface area contributed by atoms with Crippen LogP contribution in [0.3, 0.4) is 0 Å². The van der Waals surface area contributed by atoms with E-state index in [1.807, 2.05) is 58.0 Å². The Labute approximate surface area is 121 Å². The number of benzene rings is 1. The third-order valence-corrected chi connectivity index (χ3v) is 4.91. The minimum Gasteiger partial charge on any atom is -0.282 e. The molecule has 0 N–H and O–H groups in total. The summed E-state index contributed by atoms with van der Waals surface area (Å²) in [7, 11) is 0. The second-order valence-corrected chi connectivity index (χ2v) is 6.19. The molecule has 1 aromatic rings. The minimum atomic E-state index is -0.562. The van der Waals surface area contributed by atoms with E-state index in [1.54, 1.807) is 0 Å². The van der Waals surface area contributed by atoms with Gasteiger partial charge in [0.05, 0.1) is 11.3 Å². The summed E-state index contributed by atoms with van der Waals surface area (Å²) in [6.45, 7) is 8.31. The quantitative estimate of drug-likeness (QED) is 0.791. The van der Waals surface area contributed by atoms with Gasteiger partial charge in [0.25, 0.3) is 0 Å². The zero-order valence-corrected chi connectivity index (χ0v) is 12.7. The Kier molecular flexibility index (Phi) is 3.98. The van der Waals surface area contributed by atoms with Crippen molar-refractivity contribution >= 4 is 11.8 Å². The summed E-state index contributed by atoms with van der Waals surface area (Å²) in [6, 6.07) is 9.97. The van der Waals surface area contributed by atoms with Crippen molar-refractivity contribution in [3.05, 3.63) is 35.9 Å². The summed E-state index contributed by atoms with van der Waals surface area (Å²) < 4.78 is 0. The number of hydrogen-bond donors (Lipinski definition) is 0. The van der Waals surface area contributed by atoms with Gasteiger partial charge in [0.1, 0.15) is 0 Å². The van der Waals surface area contributed by atoms with Crippen molar-refractivity contribution in [1.29, 1.82) is 0 Å². The lowest BCUT2D eigenvalue weighted by molar-refractivity contribution is -0.142. The molecule has 1 fully saturated rings. The van der Waals surface area contributed by atoms with Crippen molar-refractivity contribution in [2.75, 3.05) is 6.54 Å². The summed E-state index contributed by atoms with van der Waals surface area (Å²) in [5, 5.41) is 0. The number of likely N-dealkylation sites (tertiary alicyclic amines) is 1. The van der Waals surface area contributed by atoms with Crippen LogP contribution < -0.4 is 0 Å². The van der Waals surface area contributed by atoms with Crippen LogP contribution in [0.4, 0.5) is 0 Å². The van der Waals surface area contributed by atoms with Gasteiger partial charge in [-0.15, -0.1) is 0 Å². The van der Waals surface area contributed by atoms with Crippen LogP contribution in [0.25, 0.3) is 0 Å². The van der Waals surface area contributed by atoms with E-state index in [1.165, 1.54) is 4.90 Å². The largest absolute Gasteiger partial charge is 0.282 e. The number of rotatable bonds is 4. The number of nitrogens with zero attached hydrogens (tertiary/aromatic N) is 1. The molecule has 0 spiro atoms. The molecule has 108 valence electrons. The van der Waals surface area contributed by atoms with E-state index in [4.69, 9.17) is 0 Å². The summed E-state index contributed by atoms with van der Waals surface area (Å²) in [5.74, 6) is -0.107. The minimum absolute atomic E-state index is 0.0130. The van der Waals surface area contributed by atoms with Crippen molar-refractivity contribution in [1.82, 2.24) is 4.90 Å². The van der Waals surface area contributed by atoms with E-state index in [9.17, 15) is 9.59 Å². The van der Waals surface area contributed by atoms with Crippen LogP contribution in [0.2, 0.25) is 0 Å². The number of hydrogen-bond acceptors (Lipinski definition) is 2. The first kappa shape index (κ1) is 14.8. The molecule has 0 aromatic heterocycles. The molecular formula is C17H23NO2. The first-order valence-corrected chi connectivity index (χ1v) is 7.28. The Morgan fingerprint density at radius 2 is 1.80 bits per heavy atom. The van der Waals surface area contributed by atoms with E-state index >= 15 is 0 Å². The molecule has 3 heteroatoms. The molecule has 1 aliphatic rings. The maximum atomic E-state index is 12.6. The first-order chi connectivity index (χ1) is 9.39. The van der Waals surface area contributed by atoms with Gasteiger partial charge in [0.15, 0.2) is 0 Å². The number of amides is 2. The van der Waals surface area contributed by atoms with Crippen LogP contribution in [-0.4, -0.2) is 23.3 Å². The Hall–Kier alpha value is -1.64. The standard InChI is InChI=1S/C17H23NO2/c1-12(2)17(4)13(3)15(19)18(16(17)20)11-10-14-8-6-5-7-9-14/h5-9,12-13H,10-11H2,1-4H3. The topological polar surface area (TPSA) is 37.4 Å². The monoisotopic (exact) mass is 273 g/mol. The third kappa shape index (κ3) is 2.26. The average Bonchev–Trinajstić information content (AvgIpc) is 2.61. The lowest BCUT2D eigenvalue weighted by atomic mass is 9.71. The second-order valence-electron chi connectivity index (χ2n) is 6.19. The lowest BCUT2D eigenvalue weighted by Crippen LogP contribution is -2.38. The molecule has 2 amide bonds. The van der Waals surface area contributed by atoms with Gasteiger partial charge in [-0.3, -0.25) is 14.5 Å². The number of imide groups is 1. The van der Waals surface area contributed by atoms with E-state index in [0.717, 1.165) is 12.0 Å². The maximum Gasteiger partial charge on any atom is 0.236 e. The van der Waals surface area contributed by atoms with Crippen LogP contribution in [0.5, 0.6) is 0 Å². The fourth-order valence-corrected chi connectivity index (χ4v) is 2.91. The highest BCUT2D eigenvalue weighted by Gasteiger charge is 2.55. The molecule has 1 aromatic carbocycles. The molecular weight excluding hydrogens is 250 g/mol. The van der Waals surface area contributed by atoms with Gasteiger partial charge < -0.3 is 0 Å². The van der Waals surface area contributed by atoms with Gasteiger partial charge in [-0.05, 0) is 24.8 Å². The molecule has 2 atom stereocenters. The van der Waals surface area contributed by atoms with Crippen LogP contribution >= 0.6 is 0 Å². The fourth-order valence-electron chi connectivity index (χ4n) is 2.91. The van der Waals surface area contributed by atoms with Gasteiger partial charge in [0.2, 0.25) is 11.8 Å². The van der Waals surface area contributed by atoms with Crippen molar-refractivity contribution in [3.63, 3.8) is 0 Å². The number of carbonyl (C=O) groups is 2. The van der Waals surface area contributed by atoms with Crippen molar-refractivity contribution in [3.8, 4) is 0 Å². The zero-order valence-electron chi connectivity index (χ0n) is 12.7. The van der Waals surface area contributed by atoms with E-state index in [2.05, 4.69) is 0 Å². The van der Waals surface area contributed by atoms with Crippen LogP contribution in [0.1, 0.15) is 33.3 Å². The molecule has 1 aliphatic heterocycles. The Morgan fingerprint density at radius 3 is 2.30 bits per heavy atom. The molecule has 1 heterocycles. The fraction of sp³-hybridized carbons (Fsp3) is 0.529. The van der Waals surface area contributed by atoms with Crippen molar-refractivity contribution < 1.29 is 9.59 Å². The smallest absolute Gasteiger partial charge is 0.236 e. The predicted octanol–water partition coefficient (Wildman–Crippen LogP) is 2.90. The van der Waals surface area contributed by atoms with Gasteiger partial charge >= 0.3 is 0 Å². The first-order valence-electron chi connectivity index (χ1n) is 7.28. The van der Waals surface area contributed by atoms with E-state index in [0.29, 0.717) is 6.54 Å². The average molecular weight is 273 g/mol. The highest BCUT2D eigenvalue weighted by atomic mass is 16.2. The van der Waals surface area contributed by atoms with Gasteiger partial charge in [-0.2, -0.15) is 0 Å². The molecule has 3 nitrogen and oxygen atoms in total. The summed E-state index contributed by atoms with van der Waals surface area (Å²) in [5.41, 5.74) is 0.590. The molecule has 2 unspecified atom stereocenters. The van der Waals surface area contributed by atoms with E-state index < -0.39 is 5.41 Å². The Balaban J connectivity index is 2.13. The van der Waals surface area contributed by atoms with Crippen LogP contribution in [-0.2, 0) is 16.0 Å². The molecule has 0 aliphatic carbocycles. The van der Waals surface area contributed by atoms with Crippen molar-refractivity contribution in [2.45, 2.75) is 34.1 Å². The normalized spacial score (nSPS) is 26.6. The molecule has 2 rings (SSSR count). The van der Waals surface area contributed by atoms with Gasteiger partial charge in [-0.1, -0.05) is 51.1 Å². The lowest BCUT2D eigenvalue weighted by Gasteiger charge is -2.29. The Bertz CT molecular complexity index is 509. The third-order valence-electron chi connectivity index (χ3n) is 4.91. The van der Waals surface area contributed by atoms with Crippen LogP contribution in [0.15, 0.2) is 30.3 Å². The van der Waals surface area contributed by atoms with Gasteiger partial charge in [-0.25, -0.2) is 0 Å². The molecule has 1 saturated heterocycles.